The molecule has 2 amide bonds. The normalized spacial score (nSPS) is 16.4. The third kappa shape index (κ3) is 6.60. The average Bonchev–Trinajstić information content (AvgIpc) is 3.30. The molecule has 0 saturated heterocycles. The van der Waals surface area contributed by atoms with E-state index in [-0.39, 0.29) is 30.4 Å². The molecule has 2 aromatic rings. The lowest BCUT2D eigenvalue weighted by molar-refractivity contribution is -0.143. The Kier molecular flexibility index (Phi) is 9.81. The van der Waals surface area contributed by atoms with Crippen LogP contribution < -0.4 is 0 Å². The number of carbonyl (C=O) groups is 2. The number of thiophene rings is 1. The topological polar surface area (TPSA) is 40.6 Å². The lowest BCUT2D eigenvalue weighted by atomic mass is 9.93. The van der Waals surface area contributed by atoms with Gasteiger partial charge in [0.15, 0.2) is 0 Å². The number of hydrogen-bond acceptors (Lipinski definition) is 3. The molecule has 33 heavy (non-hydrogen) atoms. The number of unbranched alkanes of at least 4 members (excludes halogenated alkanes) is 4. The largest absolute Gasteiger partial charge is 0.331 e. The lowest BCUT2D eigenvalue weighted by Gasteiger charge is -2.38. The number of hydrogen-bond donors (Lipinski definition) is 0. The third-order valence-corrected chi connectivity index (χ3v) is 7.96. The Morgan fingerprint density at radius 1 is 1.12 bits per heavy atom. The van der Waals surface area contributed by atoms with Crippen LogP contribution in [0.25, 0.3) is 0 Å². The van der Waals surface area contributed by atoms with Crippen molar-refractivity contribution < 1.29 is 9.59 Å². The zero-order valence-corrected chi connectivity index (χ0v) is 21.8. The zero-order valence-electron chi connectivity index (χ0n) is 20.2. The molecule has 1 aliphatic rings. The number of nitrogens with zero attached hydrogens (tertiary/aromatic N) is 2. The SMILES string of the molecule is CCCCCCCC(=O)N(CC(=O)N1CCc2sccc2C1c1ccc(Cl)cc1)C(C)CC. The van der Waals surface area contributed by atoms with Crippen molar-refractivity contribution in [1.82, 2.24) is 9.80 Å². The monoisotopic (exact) mass is 488 g/mol. The van der Waals surface area contributed by atoms with Gasteiger partial charge in [-0.15, -0.1) is 11.3 Å². The molecule has 1 aliphatic heterocycles. The van der Waals surface area contributed by atoms with Gasteiger partial charge >= 0.3 is 0 Å². The highest BCUT2D eigenvalue weighted by Gasteiger charge is 2.34. The molecule has 0 N–H and O–H groups in total. The summed E-state index contributed by atoms with van der Waals surface area (Å²) in [6.45, 7) is 7.13. The first kappa shape index (κ1) is 25.8. The van der Waals surface area contributed by atoms with Crippen molar-refractivity contribution >= 4 is 34.8 Å². The molecule has 1 aromatic heterocycles. The van der Waals surface area contributed by atoms with Crippen molar-refractivity contribution in [1.29, 1.82) is 0 Å². The van der Waals surface area contributed by atoms with E-state index >= 15 is 0 Å². The van der Waals surface area contributed by atoms with Gasteiger partial charge in [0.05, 0.1) is 6.04 Å². The van der Waals surface area contributed by atoms with Gasteiger partial charge in [-0.25, -0.2) is 0 Å². The Morgan fingerprint density at radius 2 is 1.85 bits per heavy atom. The molecule has 0 saturated carbocycles. The molecule has 0 bridgehead atoms. The first-order chi connectivity index (χ1) is 16.0. The molecule has 0 spiro atoms. The molecule has 2 atom stereocenters. The quantitative estimate of drug-likeness (QED) is 0.324. The van der Waals surface area contributed by atoms with E-state index in [1.807, 2.05) is 41.0 Å². The molecule has 0 fully saturated rings. The maximum Gasteiger partial charge on any atom is 0.243 e. The molecular weight excluding hydrogens is 452 g/mol. The van der Waals surface area contributed by atoms with Crippen LogP contribution >= 0.6 is 22.9 Å². The van der Waals surface area contributed by atoms with Crippen molar-refractivity contribution in [2.45, 2.75) is 84.2 Å². The summed E-state index contributed by atoms with van der Waals surface area (Å²) in [5.41, 5.74) is 2.25. The van der Waals surface area contributed by atoms with Gasteiger partial charge in [0.25, 0.3) is 0 Å². The van der Waals surface area contributed by atoms with E-state index in [2.05, 4.69) is 25.3 Å². The maximum absolute atomic E-state index is 13.6. The Bertz CT molecular complexity index is 911. The first-order valence-corrected chi connectivity index (χ1v) is 13.6. The third-order valence-electron chi connectivity index (χ3n) is 6.72. The standard InChI is InChI=1S/C27H37ClN2O2S/c1-4-6-7-8-9-10-25(31)30(20(3)5-2)19-26(32)29-17-15-24-23(16-18-33-24)27(29)21-11-13-22(28)14-12-21/h11-14,16,18,20,27H,4-10,15,17,19H2,1-3H3. The second-order valence-electron chi connectivity index (χ2n) is 9.03. The van der Waals surface area contributed by atoms with Crippen LogP contribution in [0.2, 0.25) is 5.02 Å². The van der Waals surface area contributed by atoms with E-state index in [1.54, 1.807) is 11.3 Å². The Labute approximate surface area is 207 Å². The Balaban J connectivity index is 1.76. The molecular formula is C27H37ClN2O2S. The highest BCUT2D eigenvalue weighted by atomic mass is 35.5. The van der Waals surface area contributed by atoms with Gasteiger partial charge in [0, 0.05) is 28.9 Å². The molecule has 0 radical (unpaired) electrons. The number of carbonyl (C=O) groups excluding carboxylic acids is 2. The fourth-order valence-electron chi connectivity index (χ4n) is 4.56. The summed E-state index contributed by atoms with van der Waals surface area (Å²) in [6, 6.07) is 9.83. The molecule has 3 rings (SSSR count). The maximum atomic E-state index is 13.6. The molecule has 2 unspecified atom stereocenters. The molecule has 4 nitrogen and oxygen atoms in total. The minimum atomic E-state index is -0.132. The van der Waals surface area contributed by atoms with Gasteiger partial charge in [-0.05, 0) is 60.9 Å². The lowest BCUT2D eigenvalue weighted by Crippen LogP contribution is -2.49. The van der Waals surface area contributed by atoms with Crippen LogP contribution in [-0.4, -0.2) is 40.7 Å². The number of benzene rings is 1. The smallest absolute Gasteiger partial charge is 0.243 e. The van der Waals surface area contributed by atoms with Gasteiger partial charge in [-0.1, -0.05) is 63.3 Å². The fraction of sp³-hybridized carbons (Fsp3) is 0.556. The van der Waals surface area contributed by atoms with E-state index in [0.29, 0.717) is 18.0 Å². The van der Waals surface area contributed by atoms with E-state index in [9.17, 15) is 9.59 Å². The minimum Gasteiger partial charge on any atom is -0.331 e. The second kappa shape index (κ2) is 12.6. The summed E-state index contributed by atoms with van der Waals surface area (Å²) in [6.07, 6.45) is 7.78. The van der Waals surface area contributed by atoms with Crippen molar-refractivity contribution in [2.24, 2.45) is 0 Å². The number of halogens is 1. The highest BCUT2D eigenvalue weighted by Crippen LogP contribution is 2.38. The van der Waals surface area contributed by atoms with Crippen molar-refractivity contribution in [2.75, 3.05) is 13.1 Å². The average molecular weight is 489 g/mol. The van der Waals surface area contributed by atoms with Crippen LogP contribution in [0, 0.1) is 0 Å². The van der Waals surface area contributed by atoms with E-state index < -0.39 is 0 Å². The van der Waals surface area contributed by atoms with E-state index in [4.69, 9.17) is 11.6 Å². The molecule has 1 aromatic carbocycles. The van der Waals surface area contributed by atoms with Gasteiger partial charge in [-0.2, -0.15) is 0 Å². The number of fused-ring (bicyclic) bond motifs is 1. The predicted octanol–water partition coefficient (Wildman–Crippen LogP) is 6.86. The first-order valence-electron chi connectivity index (χ1n) is 12.4. The van der Waals surface area contributed by atoms with Crippen LogP contribution in [0.3, 0.4) is 0 Å². The predicted molar refractivity (Wildman–Crippen MR) is 138 cm³/mol. The van der Waals surface area contributed by atoms with E-state index in [0.717, 1.165) is 31.2 Å². The molecule has 2 heterocycles. The summed E-state index contributed by atoms with van der Waals surface area (Å²) >= 11 is 7.88. The van der Waals surface area contributed by atoms with Crippen molar-refractivity contribution in [3.8, 4) is 0 Å². The van der Waals surface area contributed by atoms with Gasteiger partial charge in [0.1, 0.15) is 6.54 Å². The highest BCUT2D eigenvalue weighted by molar-refractivity contribution is 7.10. The van der Waals surface area contributed by atoms with Crippen LogP contribution in [0.4, 0.5) is 0 Å². The summed E-state index contributed by atoms with van der Waals surface area (Å²) in [5, 5.41) is 2.79. The summed E-state index contributed by atoms with van der Waals surface area (Å²) in [5.74, 6) is 0.122. The Morgan fingerprint density at radius 3 is 2.55 bits per heavy atom. The summed E-state index contributed by atoms with van der Waals surface area (Å²) in [7, 11) is 0. The Hall–Kier alpha value is -1.85. The van der Waals surface area contributed by atoms with Crippen LogP contribution in [0.5, 0.6) is 0 Å². The van der Waals surface area contributed by atoms with E-state index in [1.165, 1.54) is 29.7 Å². The van der Waals surface area contributed by atoms with Crippen molar-refractivity contribution in [3.05, 3.63) is 56.7 Å². The molecule has 0 aliphatic carbocycles. The van der Waals surface area contributed by atoms with Gasteiger partial charge < -0.3 is 9.80 Å². The fourth-order valence-corrected chi connectivity index (χ4v) is 5.59. The van der Waals surface area contributed by atoms with Crippen LogP contribution in [-0.2, 0) is 16.0 Å². The summed E-state index contributed by atoms with van der Waals surface area (Å²) < 4.78 is 0. The second-order valence-corrected chi connectivity index (χ2v) is 10.5. The number of rotatable bonds is 11. The zero-order chi connectivity index (χ0) is 23.8. The summed E-state index contributed by atoms with van der Waals surface area (Å²) in [4.78, 5) is 31.8. The molecule has 6 heteroatoms. The molecule has 180 valence electrons. The van der Waals surface area contributed by atoms with Crippen LogP contribution in [0.1, 0.15) is 87.8 Å². The van der Waals surface area contributed by atoms with Gasteiger partial charge in [-0.3, -0.25) is 9.59 Å². The van der Waals surface area contributed by atoms with Crippen LogP contribution in [0.15, 0.2) is 35.7 Å². The van der Waals surface area contributed by atoms with Gasteiger partial charge in [0.2, 0.25) is 11.8 Å². The minimum absolute atomic E-state index is 0.0198. The number of amides is 2. The van der Waals surface area contributed by atoms with Crippen molar-refractivity contribution in [3.63, 3.8) is 0 Å².